The van der Waals surface area contributed by atoms with E-state index >= 15 is 0 Å². The van der Waals surface area contributed by atoms with Crippen molar-refractivity contribution < 1.29 is 4.74 Å². The van der Waals surface area contributed by atoms with Crippen LogP contribution in [-0.4, -0.2) is 54.3 Å². The summed E-state index contributed by atoms with van der Waals surface area (Å²) < 4.78 is 5.40. The maximum absolute atomic E-state index is 12.2. The van der Waals surface area contributed by atoms with Crippen LogP contribution in [0.4, 0.5) is 5.95 Å². The van der Waals surface area contributed by atoms with Gasteiger partial charge in [0.25, 0.3) is 5.56 Å². The highest BCUT2D eigenvalue weighted by Gasteiger charge is 2.25. The number of aryl methyl sites for hydroxylation is 1. The molecule has 0 bridgehead atoms. The summed E-state index contributed by atoms with van der Waals surface area (Å²) in [6, 6.07) is 3.88. The van der Waals surface area contributed by atoms with Gasteiger partial charge in [0.05, 0.1) is 18.9 Å². The lowest BCUT2D eigenvalue weighted by Gasteiger charge is -2.33. The average molecular weight is 375 g/mol. The second-order valence-corrected chi connectivity index (χ2v) is 8.20. The summed E-state index contributed by atoms with van der Waals surface area (Å²) >= 11 is 1.83. The van der Waals surface area contributed by atoms with Crippen LogP contribution in [0.25, 0.3) is 0 Å². The molecule has 2 aliphatic heterocycles. The van der Waals surface area contributed by atoms with E-state index in [4.69, 9.17) is 9.72 Å². The minimum Gasteiger partial charge on any atom is -0.378 e. The molecule has 1 atom stereocenters. The van der Waals surface area contributed by atoms with E-state index in [1.165, 1.54) is 10.4 Å². The topological polar surface area (TPSA) is 61.5 Å². The molecule has 7 heteroatoms. The molecular weight excluding hydrogens is 348 g/mol. The van der Waals surface area contributed by atoms with Crippen molar-refractivity contribution >= 4 is 17.3 Å². The molecular formula is C19H26N4O2S. The Morgan fingerprint density at radius 1 is 1.35 bits per heavy atom. The molecule has 0 spiro atoms. The number of likely N-dealkylation sites (tertiary alicyclic amines) is 1. The third kappa shape index (κ3) is 4.00. The molecule has 0 aromatic carbocycles. The van der Waals surface area contributed by atoms with Crippen molar-refractivity contribution in [1.82, 2.24) is 14.9 Å². The van der Waals surface area contributed by atoms with Gasteiger partial charge < -0.3 is 9.64 Å². The number of anilines is 1. The van der Waals surface area contributed by atoms with E-state index in [1.54, 1.807) is 6.07 Å². The molecule has 2 fully saturated rings. The number of piperidine rings is 1. The Hall–Kier alpha value is -1.70. The van der Waals surface area contributed by atoms with Crippen molar-refractivity contribution in [3.05, 3.63) is 44.0 Å². The van der Waals surface area contributed by atoms with E-state index in [9.17, 15) is 4.79 Å². The van der Waals surface area contributed by atoms with Gasteiger partial charge in [-0.25, -0.2) is 4.98 Å². The van der Waals surface area contributed by atoms with Crippen LogP contribution in [0, 0.1) is 6.92 Å². The summed E-state index contributed by atoms with van der Waals surface area (Å²) in [6.45, 7) is 8.20. The van der Waals surface area contributed by atoms with Crippen LogP contribution >= 0.6 is 11.3 Å². The molecule has 140 valence electrons. The third-order valence-corrected chi connectivity index (χ3v) is 6.33. The number of aromatic amines is 1. The van der Waals surface area contributed by atoms with Gasteiger partial charge in [0, 0.05) is 43.0 Å². The lowest BCUT2D eigenvalue weighted by atomic mass is 9.94. The number of thiophene rings is 1. The lowest BCUT2D eigenvalue weighted by Crippen LogP contribution is -2.39. The highest BCUT2D eigenvalue weighted by Crippen LogP contribution is 2.28. The predicted octanol–water partition coefficient (Wildman–Crippen LogP) is 2.36. The maximum atomic E-state index is 12.2. The fourth-order valence-electron chi connectivity index (χ4n) is 3.81. The first-order valence-corrected chi connectivity index (χ1v) is 10.3. The normalized spacial score (nSPS) is 21.9. The Morgan fingerprint density at radius 2 is 2.19 bits per heavy atom. The number of H-pyrrole nitrogens is 1. The molecule has 0 amide bonds. The summed E-state index contributed by atoms with van der Waals surface area (Å²) in [6.07, 6.45) is 2.25. The van der Waals surface area contributed by atoms with Gasteiger partial charge in [-0.2, -0.15) is 0 Å². The summed E-state index contributed by atoms with van der Waals surface area (Å²) in [5, 5.41) is 2.17. The van der Waals surface area contributed by atoms with Crippen LogP contribution in [0.2, 0.25) is 0 Å². The van der Waals surface area contributed by atoms with Crippen LogP contribution < -0.4 is 10.5 Å². The van der Waals surface area contributed by atoms with Crippen molar-refractivity contribution in [3.8, 4) is 0 Å². The van der Waals surface area contributed by atoms with E-state index in [1.807, 2.05) is 11.3 Å². The Morgan fingerprint density at radius 3 is 2.96 bits per heavy atom. The van der Waals surface area contributed by atoms with Gasteiger partial charge in [0.1, 0.15) is 0 Å². The van der Waals surface area contributed by atoms with Crippen molar-refractivity contribution in [2.45, 2.75) is 32.2 Å². The van der Waals surface area contributed by atoms with E-state index in [2.05, 4.69) is 33.2 Å². The standard InChI is InChI=1S/C19H26N4O2S/c1-14-4-10-26-17(14)13-22-5-2-3-15(12-22)16-11-18(24)21-19(20-16)23-6-8-25-9-7-23/h4,10-11,15H,2-3,5-9,12-13H2,1H3,(H,20,21,24). The number of aromatic nitrogens is 2. The first-order chi connectivity index (χ1) is 12.7. The number of nitrogens with one attached hydrogen (secondary N) is 1. The molecule has 1 N–H and O–H groups in total. The molecule has 6 nitrogen and oxygen atoms in total. The Labute approximate surface area is 157 Å². The number of ether oxygens (including phenoxy) is 1. The fourth-order valence-corrected chi connectivity index (χ4v) is 4.75. The summed E-state index contributed by atoms with van der Waals surface area (Å²) in [4.78, 5) is 26.0. The molecule has 2 aromatic rings. The summed E-state index contributed by atoms with van der Waals surface area (Å²) in [5.41, 5.74) is 2.26. The van der Waals surface area contributed by atoms with Gasteiger partial charge >= 0.3 is 0 Å². The summed E-state index contributed by atoms with van der Waals surface area (Å²) in [5.74, 6) is 1.02. The molecule has 1 unspecified atom stereocenters. The third-order valence-electron chi connectivity index (χ3n) is 5.32. The molecule has 26 heavy (non-hydrogen) atoms. The highest BCUT2D eigenvalue weighted by molar-refractivity contribution is 7.10. The monoisotopic (exact) mass is 374 g/mol. The number of nitrogens with zero attached hydrogens (tertiary/aromatic N) is 3. The van der Waals surface area contributed by atoms with E-state index in [0.717, 1.165) is 51.3 Å². The Kier molecular flexibility index (Phi) is 5.38. The zero-order chi connectivity index (χ0) is 17.9. The zero-order valence-electron chi connectivity index (χ0n) is 15.2. The molecule has 0 radical (unpaired) electrons. The molecule has 2 aliphatic rings. The average Bonchev–Trinajstić information content (AvgIpc) is 3.07. The maximum Gasteiger partial charge on any atom is 0.252 e. The van der Waals surface area contributed by atoms with E-state index in [-0.39, 0.29) is 5.56 Å². The molecule has 0 aliphatic carbocycles. The number of hydrogen-bond donors (Lipinski definition) is 1. The smallest absolute Gasteiger partial charge is 0.252 e. The molecule has 4 heterocycles. The largest absolute Gasteiger partial charge is 0.378 e. The second-order valence-electron chi connectivity index (χ2n) is 7.19. The van der Waals surface area contributed by atoms with Crippen LogP contribution in [0.15, 0.2) is 22.3 Å². The number of rotatable bonds is 4. The zero-order valence-corrected chi connectivity index (χ0v) is 16.1. The van der Waals surface area contributed by atoms with Crippen LogP contribution in [0.5, 0.6) is 0 Å². The minimum absolute atomic E-state index is 0.0530. The molecule has 0 saturated carbocycles. The first-order valence-electron chi connectivity index (χ1n) is 9.38. The van der Waals surface area contributed by atoms with Gasteiger partial charge in [0.2, 0.25) is 5.95 Å². The SMILES string of the molecule is Cc1ccsc1CN1CCCC(c2cc(=O)[nH]c(N3CCOCC3)n2)C1. The van der Waals surface area contributed by atoms with Crippen molar-refractivity contribution in [2.24, 2.45) is 0 Å². The minimum atomic E-state index is -0.0530. The van der Waals surface area contributed by atoms with Gasteiger partial charge in [-0.1, -0.05) is 0 Å². The molecule has 2 aromatic heterocycles. The van der Waals surface area contributed by atoms with Gasteiger partial charge in [-0.05, 0) is 43.3 Å². The number of morpholine rings is 1. The highest BCUT2D eigenvalue weighted by atomic mass is 32.1. The Bertz CT molecular complexity index is 797. The van der Waals surface area contributed by atoms with Crippen LogP contribution in [0.1, 0.15) is 34.9 Å². The van der Waals surface area contributed by atoms with Crippen molar-refractivity contribution in [1.29, 1.82) is 0 Å². The van der Waals surface area contributed by atoms with Gasteiger partial charge in [-0.15, -0.1) is 11.3 Å². The number of hydrogen-bond acceptors (Lipinski definition) is 6. The van der Waals surface area contributed by atoms with E-state index in [0.29, 0.717) is 25.1 Å². The quantitative estimate of drug-likeness (QED) is 0.890. The lowest BCUT2D eigenvalue weighted by molar-refractivity contribution is 0.122. The van der Waals surface area contributed by atoms with Gasteiger partial charge in [-0.3, -0.25) is 14.7 Å². The van der Waals surface area contributed by atoms with Crippen LogP contribution in [-0.2, 0) is 11.3 Å². The summed E-state index contributed by atoms with van der Waals surface area (Å²) in [7, 11) is 0. The molecule has 2 saturated heterocycles. The fraction of sp³-hybridized carbons (Fsp3) is 0.579. The first kappa shape index (κ1) is 17.7. The van der Waals surface area contributed by atoms with Crippen molar-refractivity contribution in [2.75, 3.05) is 44.3 Å². The van der Waals surface area contributed by atoms with E-state index < -0.39 is 0 Å². The second kappa shape index (κ2) is 7.90. The Balaban J connectivity index is 1.50. The van der Waals surface area contributed by atoms with Gasteiger partial charge in [0.15, 0.2) is 0 Å². The molecule has 4 rings (SSSR count). The van der Waals surface area contributed by atoms with Crippen LogP contribution in [0.3, 0.4) is 0 Å². The predicted molar refractivity (Wildman–Crippen MR) is 104 cm³/mol. The van der Waals surface area contributed by atoms with Crippen molar-refractivity contribution in [3.63, 3.8) is 0 Å².